The van der Waals surface area contributed by atoms with E-state index >= 15 is 0 Å². The van der Waals surface area contributed by atoms with Gasteiger partial charge < -0.3 is 15.0 Å². The normalized spacial score (nSPS) is 12.0. The zero-order chi connectivity index (χ0) is 30.2. The number of carbonyl (C=O) groups excluding carboxylic acids is 2. The molecule has 0 aliphatic heterocycles. The maximum atomic E-state index is 14.2. The number of rotatable bonds is 13. The number of hydrogen-bond acceptors (Lipinski definition) is 5. The van der Waals surface area contributed by atoms with E-state index in [0.717, 1.165) is 33.0 Å². The molecular formula is C32H41N3O5S. The topological polar surface area (TPSA) is 96.0 Å². The lowest BCUT2D eigenvalue weighted by Crippen LogP contribution is -2.52. The van der Waals surface area contributed by atoms with Gasteiger partial charge in [-0.3, -0.25) is 13.9 Å². The third-order valence-corrected chi connectivity index (χ3v) is 8.71. The minimum atomic E-state index is -4.12. The molecule has 220 valence electrons. The highest BCUT2D eigenvalue weighted by atomic mass is 32.2. The quantitative estimate of drug-likeness (QED) is 0.302. The first-order valence-electron chi connectivity index (χ1n) is 13.9. The fraction of sp³-hybridized carbons (Fsp3) is 0.375. The molecule has 9 heteroatoms. The van der Waals surface area contributed by atoms with E-state index in [4.69, 9.17) is 4.74 Å². The standard InChI is InChI=1S/C32H41N3O5S/c1-7-18-33-32(37)29(8-2)34(21-26-10-9-11-27(20-26)40-6)31(36)22-35(30-17-14-24(4)19-25(30)5)41(38,39)28-15-12-23(3)13-16-28/h9-17,19-20,29H,7-8,18,21-22H2,1-6H3,(H,33,37)/t29-/m1/s1. The van der Waals surface area contributed by atoms with Gasteiger partial charge in [0.1, 0.15) is 18.3 Å². The number of hydrogen-bond donors (Lipinski definition) is 1. The summed E-state index contributed by atoms with van der Waals surface area (Å²) in [7, 11) is -2.56. The molecule has 41 heavy (non-hydrogen) atoms. The summed E-state index contributed by atoms with van der Waals surface area (Å²) in [6.07, 6.45) is 1.11. The summed E-state index contributed by atoms with van der Waals surface area (Å²) < 4.78 is 34.6. The van der Waals surface area contributed by atoms with Crippen molar-refractivity contribution in [3.63, 3.8) is 0 Å². The molecule has 0 spiro atoms. The van der Waals surface area contributed by atoms with Gasteiger partial charge in [0.25, 0.3) is 10.0 Å². The van der Waals surface area contributed by atoms with Crippen molar-refractivity contribution in [2.75, 3.05) is 24.5 Å². The molecule has 3 rings (SSSR count). The first kappa shape index (κ1) is 31.7. The molecule has 0 aliphatic rings. The van der Waals surface area contributed by atoms with Crippen LogP contribution in [0.3, 0.4) is 0 Å². The maximum absolute atomic E-state index is 14.2. The first-order valence-corrected chi connectivity index (χ1v) is 15.3. The number of anilines is 1. The third kappa shape index (κ3) is 7.88. The van der Waals surface area contributed by atoms with Crippen LogP contribution in [-0.4, -0.2) is 51.4 Å². The van der Waals surface area contributed by atoms with Gasteiger partial charge in [-0.15, -0.1) is 0 Å². The van der Waals surface area contributed by atoms with Crippen molar-refractivity contribution in [1.29, 1.82) is 0 Å². The number of nitrogens with zero attached hydrogens (tertiary/aromatic N) is 2. The van der Waals surface area contributed by atoms with Gasteiger partial charge in [-0.1, -0.05) is 61.4 Å². The number of nitrogens with one attached hydrogen (secondary N) is 1. The third-order valence-electron chi connectivity index (χ3n) is 6.93. The van der Waals surface area contributed by atoms with Crippen LogP contribution >= 0.6 is 0 Å². The lowest BCUT2D eigenvalue weighted by molar-refractivity contribution is -0.140. The van der Waals surface area contributed by atoms with Crippen molar-refractivity contribution >= 4 is 27.5 Å². The summed E-state index contributed by atoms with van der Waals surface area (Å²) in [6, 6.07) is 18.5. The fourth-order valence-corrected chi connectivity index (χ4v) is 6.17. The van der Waals surface area contributed by atoms with Crippen LogP contribution in [-0.2, 0) is 26.2 Å². The average molecular weight is 580 g/mol. The Morgan fingerprint density at radius 1 is 0.927 bits per heavy atom. The molecule has 0 fully saturated rings. The second-order valence-electron chi connectivity index (χ2n) is 10.2. The molecule has 0 bridgehead atoms. The van der Waals surface area contributed by atoms with Gasteiger partial charge in [0.15, 0.2) is 0 Å². The SMILES string of the molecule is CCCNC(=O)[C@@H](CC)N(Cc1cccc(OC)c1)C(=O)CN(c1ccc(C)cc1C)S(=O)(=O)c1ccc(C)cc1. The predicted molar refractivity (Wildman–Crippen MR) is 163 cm³/mol. The van der Waals surface area contributed by atoms with Gasteiger partial charge in [-0.05, 0) is 75.1 Å². The maximum Gasteiger partial charge on any atom is 0.264 e. The Morgan fingerprint density at radius 2 is 1.61 bits per heavy atom. The van der Waals surface area contributed by atoms with Crippen LogP contribution in [0.25, 0.3) is 0 Å². The zero-order valence-corrected chi connectivity index (χ0v) is 25.6. The number of carbonyl (C=O) groups is 2. The molecule has 3 aromatic rings. The van der Waals surface area contributed by atoms with E-state index in [0.29, 0.717) is 24.4 Å². The Morgan fingerprint density at radius 3 is 2.22 bits per heavy atom. The van der Waals surface area contributed by atoms with Crippen molar-refractivity contribution in [2.24, 2.45) is 0 Å². The predicted octanol–water partition coefficient (Wildman–Crippen LogP) is 5.15. The molecule has 0 saturated carbocycles. The summed E-state index contributed by atoms with van der Waals surface area (Å²) in [6.45, 7) is 9.55. The molecule has 0 saturated heterocycles. The zero-order valence-electron chi connectivity index (χ0n) is 24.8. The van der Waals surface area contributed by atoms with Crippen LogP contribution in [0.15, 0.2) is 71.6 Å². The van der Waals surface area contributed by atoms with Crippen LogP contribution in [0.2, 0.25) is 0 Å². The molecule has 0 unspecified atom stereocenters. The van der Waals surface area contributed by atoms with Gasteiger partial charge in [0.05, 0.1) is 17.7 Å². The Hall–Kier alpha value is -3.85. The monoisotopic (exact) mass is 579 g/mol. The first-order chi connectivity index (χ1) is 19.5. The smallest absolute Gasteiger partial charge is 0.264 e. The number of benzene rings is 3. The number of methoxy groups -OCH3 is 1. The van der Waals surface area contributed by atoms with E-state index in [1.54, 1.807) is 43.5 Å². The van der Waals surface area contributed by atoms with Gasteiger partial charge in [0.2, 0.25) is 11.8 Å². The molecule has 0 heterocycles. The Kier molecular flexibility index (Phi) is 10.9. The van der Waals surface area contributed by atoms with Crippen LogP contribution in [0.5, 0.6) is 5.75 Å². The number of sulfonamides is 1. The minimum Gasteiger partial charge on any atom is -0.497 e. The average Bonchev–Trinajstić information content (AvgIpc) is 2.95. The van der Waals surface area contributed by atoms with Gasteiger partial charge >= 0.3 is 0 Å². The highest BCUT2D eigenvalue weighted by Crippen LogP contribution is 2.29. The second-order valence-corrected chi connectivity index (χ2v) is 12.1. The molecular weight excluding hydrogens is 538 g/mol. The summed E-state index contributed by atoms with van der Waals surface area (Å²) in [5.41, 5.74) is 3.80. The van der Waals surface area contributed by atoms with Crippen molar-refractivity contribution < 1.29 is 22.7 Å². The molecule has 0 aromatic heterocycles. The second kappa shape index (κ2) is 14.2. The molecule has 8 nitrogen and oxygen atoms in total. The highest BCUT2D eigenvalue weighted by molar-refractivity contribution is 7.92. The number of aryl methyl sites for hydroxylation is 3. The van der Waals surface area contributed by atoms with Gasteiger partial charge in [0, 0.05) is 13.1 Å². The lowest BCUT2D eigenvalue weighted by atomic mass is 10.1. The lowest BCUT2D eigenvalue weighted by Gasteiger charge is -2.33. The van der Waals surface area contributed by atoms with Crippen LogP contribution < -0.4 is 14.4 Å². The van der Waals surface area contributed by atoms with Crippen molar-refractivity contribution in [3.8, 4) is 5.75 Å². The summed E-state index contributed by atoms with van der Waals surface area (Å²) in [4.78, 5) is 29.0. The molecule has 2 amide bonds. The summed E-state index contributed by atoms with van der Waals surface area (Å²) >= 11 is 0. The minimum absolute atomic E-state index is 0.0861. The van der Waals surface area contributed by atoms with E-state index in [2.05, 4.69) is 5.32 Å². The molecule has 1 atom stereocenters. The Labute approximate surface area is 244 Å². The van der Waals surface area contributed by atoms with Crippen molar-refractivity contribution in [2.45, 2.75) is 64.9 Å². The molecule has 0 aliphatic carbocycles. The van der Waals surface area contributed by atoms with Gasteiger partial charge in [-0.2, -0.15) is 0 Å². The molecule has 0 radical (unpaired) electrons. The van der Waals surface area contributed by atoms with Gasteiger partial charge in [-0.25, -0.2) is 8.42 Å². The van der Waals surface area contributed by atoms with E-state index in [9.17, 15) is 18.0 Å². The Bertz CT molecular complexity index is 1450. The fourth-order valence-electron chi connectivity index (χ4n) is 4.69. The summed E-state index contributed by atoms with van der Waals surface area (Å²) in [5, 5.41) is 2.90. The number of amides is 2. The van der Waals surface area contributed by atoms with Crippen molar-refractivity contribution in [3.05, 3.63) is 89.0 Å². The van der Waals surface area contributed by atoms with E-state index < -0.39 is 28.5 Å². The highest BCUT2D eigenvalue weighted by Gasteiger charge is 2.34. The summed E-state index contributed by atoms with van der Waals surface area (Å²) in [5.74, 6) is -0.135. The Balaban J connectivity index is 2.09. The van der Waals surface area contributed by atoms with Crippen LogP contribution in [0.4, 0.5) is 5.69 Å². The van der Waals surface area contributed by atoms with E-state index in [1.807, 2.05) is 65.0 Å². The van der Waals surface area contributed by atoms with Crippen LogP contribution in [0, 0.1) is 20.8 Å². The van der Waals surface area contributed by atoms with E-state index in [-0.39, 0.29) is 17.3 Å². The number of ether oxygens (including phenoxy) is 1. The van der Waals surface area contributed by atoms with Crippen molar-refractivity contribution in [1.82, 2.24) is 10.2 Å². The van der Waals surface area contributed by atoms with Crippen LogP contribution in [0.1, 0.15) is 48.9 Å². The van der Waals surface area contributed by atoms with E-state index in [1.165, 1.54) is 4.90 Å². The molecule has 1 N–H and O–H groups in total. The largest absolute Gasteiger partial charge is 0.497 e. The molecule has 3 aromatic carbocycles.